The predicted octanol–water partition coefficient (Wildman–Crippen LogP) is 0.797. The number of nitrogens with one attached hydrogen (secondary N) is 1. The van der Waals surface area contributed by atoms with Crippen LogP contribution in [0.1, 0.15) is 6.92 Å². The smallest absolute Gasteiger partial charge is 0.0654 e. The molecule has 0 bridgehead atoms. The molecule has 0 saturated carbocycles. The number of rotatable bonds is 4. The fourth-order valence-corrected chi connectivity index (χ4v) is 0.639. The lowest BCUT2D eigenvalue weighted by Gasteiger charge is -2.13. The summed E-state index contributed by atoms with van der Waals surface area (Å²) >= 11 is 0. The molecule has 0 aliphatic rings. The number of hydrogen-bond donors (Lipinski definition) is 1. The second-order valence-corrected chi connectivity index (χ2v) is 2.14. The van der Waals surface area contributed by atoms with Crippen LogP contribution in [0.5, 0.6) is 0 Å². The molecule has 9 heavy (non-hydrogen) atoms. The molecule has 0 rings (SSSR count). The Morgan fingerprint density at radius 2 is 2.33 bits per heavy atom. The zero-order valence-corrected chi connectivity index (χ0v) is 6.40. The van der Waals surface area contributed by atoms with Crippen LogP contribution in [0.3, 0.4) is 0 Å². The molecule has 2 nitrogen and oxygen atoms in total. The van der Waals surface area contributed by atoms with Gasteiger partial charge in [-0.2, -0.15) is 0 Å². The molecule has 0 aromatic rings. The van der Waals surface area contributed by atoms with Crippen LogP contribution in [0.2, 0.25) is 0 Å². The van der Waals surface area contributed by atoms with Crippen LogP contribution in [0.25, 0.3) is 0 Å². The predicted molar refractivity (Wildman–Crippen MR) is 39.5 cm³/mol. The average molecular weight is 129 g/mol. The Hall–Kier alpha value is -0.340. The van der Waals surface area contributed by atoms with Gasteiger partial charge in [0.1, 0.15) is 0 Å². The van der Waals surface area contributed by atoms with Crippen molar-refractivity contribution in [3.8, 4) is 0 Å². The fourth-order valence-electron chi connectivity index (χ4n) is 0.639. The van der Waals surface area contributed by atoms with E-state index in [0.29, 0.717) is 12.6 Å². The van der Waals surface area contributed by atoms with E-state index in [9.17, 15) is 0 Å². The van der Waals surface area contributed by atoms with E-state index in [1.807, 2.05) is 14.0 Å². The summed E-state index contributed by atoms with van der Waals surface area (Å²) in [6, 6.07) is 0.301. The highest BCUT2D eigenvalue weighted by Crippen LogP contribution is 1.95. The van der Waals surface area contributed by atoms with Crippen molar-refractivity contribution in [2.45, 2.75) is 13.0 Å². The van der Waals surface area contributed by atoms with Gasteiger partial charge in [-0.1, -0.05) is 12.2 Å². The second-order valence-electron chi connectivity index (χ2n) is 2.14. The number of ether oxygens (including phenoxy) is 1. The third-order valence-electron chi connectivity index (χ3n) is 1.28. The van der Waals surface area contributed by atoms with Crippen molar-refractivity contribution in [1.29, 1.82) is 0 Å². The first kappa shape index (κ1) is 8.66. The maximum Gasteiger partial charge on any atom is 0.0654 e. The average Bonchev–Trinajstić information content (AvgIpc) is 1.82. The zero-order valence-electron chi connectivity index (χ0n) is 6.40. The lowest BCUT2D eigenvalue weighted by molar-refractivity contribution is 0.180. The van der Waals surface area contributed by atoms with E-state index in [1.165, 1.54) is 0 Å². The van der Waals surface area contributed by atoms with Crippen molar-refractivity contribution >= 4 is 0 Å². The second kappa shape index (κ2) is 4.53. The van der Waals surface area contributed by atoms with Crippen LogP contribution >= 0.6 is 0 Å². The molecule has 0 amide bonds. The molecule has 2 heteroatoms. The highest BCUT2D eigenvalue weighted by atomic mass is 16.5. The van der Waals surface area contributed by atoms with E-state index in [4.69, 9.17) is 4.74 Å². The summed E-state index contributed by atoms with van der Waals surface area (Å²) in [5.74, 6) is 0. The van der Waals surface area contributed by atoms with Gasteiger partial charge in [0.15, 0.2) is 0 Å². The van der Waals surface area contributed by atoms with Gasteiger partial charge in [0, 0.05) is 7.11 Å². The normalized spacial score (nSPS) is 13.2. The maximum absolute atomic E-state index is 4.93. The molecule has 54 valence electrons. The summed E-state index contributed by atoms with van der Waals surface area (Å²) < 4.78 is 4.93. The van der Waals surface area contributed by atoms with Crippen LogP contribution < -0.4 is 5.32 Å². The van der Waals surface area contributed by atoms with Gasteiger partial charge in [-0.15, -0.1) is 0 Å². The minimum atomic E-state index is 0.301. The summed E-state index contributed by atoms with van der Waals surface area (Å²) in [5.41, 5.74) is 1.11. The third-order valence-corrected chi connectivity index (χ3v) is 1.28. The number of hydrogen-bond acceptors (Lipinski definition) is 2. The van der Waals surface area contributed by atoms with Gasteiger partial charge in [0.25, 0.3) is 0 Å². The van der Waals surface area contributed by atoms with Gasteiger partial charge in [-0.3, -0.25) is 0 Å². The molecule has 1 unspecified atom stereocenters. The first-order valence-corrected chi connectivity index (χ1v) is 3.04. The largest absolute Gasteiger partial charge is 0.383 e. The van der Waals surface area contributed by atoms with Crippen LogP contribution in [-0.4, -0.2) is 26.8 Å². The Morgan fingerprint density at radius 3 is 2.44 bits per heavy atom. The van der Waals surface area contributed by atoms with Crippen molar-refractivity contribution in [3.05, 3.63) is 12.2 Å². The Morgan fingerprint density at radius 1 is 1.78 bits per heavy atom. The minimum Gasteiger partial charge on any atom is -0.383 e. The molecule has 0 aliphatic carbocycles. The Bertz CT molecular complexity index is 90.9. The molecular formula is C7H15NO. The fraction of sp³-hybridized carbons (Fsp3) is 0.714. The molecule has 0 heterocycles. The zero-order chi connectivity index (χ0) is 7.28. The Kier molecular flexibility index (Phi) is 4.36. The topological polar surface area (TPSA) is 21.3 Å². The molecular weight excluding hydrogens is 114 g/mol. The van der Waals surface area contributed by atoms with Crippen molar-refractivity contribution in [3.63, 3.8) is 0 Å². The van der Waals surface area contributed by atoms with Gasteiger partial charge in [0.05, 0.1) is 12.6 Å². The number of likely N-dealkylation sites (N-methyl/N-ethyl adjacent to an activating group) is 1. The van der Waals surface area contributed by atoms with Gasteiger partial charge < -0.3 is 10.1 Å². The van der Waals surface area contributed by atoms with E-state index < -0.39 is 0 Å². The molecule has 0 fully saturated rings. The molecule has 0 radical (unpaired) electrons. The minimum absolute atomic E-state index is 0.301. The maximum atomic E-state index is 4.93. The first-order valence-electron chi connectivity index (χ1n) is 3.04. The van der Waals surface area contributed by atoms with E-state index in [1.54, 1.807) is 7.11 Å². The highest BCUT2D eigenvalue weighted by Gasteiger charge is 2.03. The molecule has 0 spiro atoms. The molecule has 0 aromatic carbocycles. The lowest BCUT2D eigenvalue weighted by Crippen LogP contribution is -2.30. The summed E-state index contributed by atoms with van der Waals surface area (Å²) in [6.07, 6.45) is 0. The van der Waals surface area contributed by atoms with Gasteiger partial charge in [-0.05, 0) is 14.0 Å². The lowest BCUT2D eigenvalue weighted by atomic mass is 10.2. The molecule has 1 N–H and O–H groups in total. The van der Waals surface area contributed by atoms with Crippen LogP contribution in [0.4, 0.5) is 0 Å². The summed E-state index contributed by atoms with van der Waals surface area (Å²) in [6.45, 7) is 6.49. The standard InChI is InChI=1S/C7H15NO/c1-6(2)7(8-3)5-9-4/h7-8H,1,5H2,2-4H3. The molecule has 0 aliphatic heterocycles. The highest BCUT2D eigenvalue weighted by molar-refractivity contribution is 5.00. The molecule has 0 aromatic heterocycles. The Balaban J connectivity index is 3.54. The quantitative estimate of drug-likeness (QED) is 0.567. The molecule has 1 atom stereocenters. The third kappa shape index (κ3) is 3.27. The Labute approximate surface area is 56.9 Å². The van der Waals surface area contributed by atoms with Crippen molar-refractivity contribution < 1.29 is 4.74 Å². The first-order chi connectivity index (χ1) is 4.22. The van der Waals surface area contributed by atoms with Gasteiger partial charge in [0.2, 0.25) is 0 Å². The molecule has 0 saturated heterocycles. The van der Waals surface area contributed by atoms with Crippen molar-refractivity contribution in [2.75, 3.05) is 20.8 Å². The summed E-state index contributed by atoms with van der Waals surface area (Å²) in [5, 5.41) is 3.08. The summed E-state index contributed by atoms with van der Waals surface area (Å²) in [7, 11) is 3.59. The number of methoxy groups -OCH3 is 1. The van der Waals surface area contributed by atoms with Crippen molar-refractivity contribution in [1.82, 2.24) is 5.32 Å². The van der Waals surface area contributed by atoms with Gasteiger partial charge >= 0.3 is 0 Å². The van der Waals surface area contributed by atoms with Crippen LogP contribution in [0.15, 0.2) is 12.2 Å². The summed E-state index contributed by atoms with van der Waals surface area (Å²) in [4.78, 5) is 0. The van der Waals surface area contributed by atoms with Crippen LogP contribution in [-0.2, 0) is 4.74 Å². The van der Waals surface area contributed by atoms with Crippen LogP contribution in [0, 0.1) is 0 Å². The van der Waals surface area contributed by atoms with E-state index in [2.05, 4.69) is 11.9 Å². The SMILES string of the molecule is C=C(C)C(COC)NC. The van der Waals surface area contributed by atoms with E-state index in [-0.39, 0.29) is 0 Å². The van der Waals surface area contributed by atoms with E-state index in [0.717, 1.165) is 5.57 Å². The van der Waals surface area contributed by atoms with E-state index >= 15 is 0 Å². The van der Waals surface area contributed by atoms with Gasteiger partial charge in [-0.25, -0.2) is 0 Å². The van der Waals surface area contributed by atoms with Crippen molar-refractivity contribution in [2.24, 2.45) is 0 Å². The monoisotopic (exact) mass is 129 g/mol.